The standard InChI is InChI=1S/C13H8F3NO3S/c1-2-20-12(19)11-10(17-6-18)8-4-3-7(13(14,15)16)5-9(8)21-11/h3-5H,2H2,1H3. The van der Waals surface area contributed by atoms with Crippen molar-refractivity contribution in [2.24, 2.45) is 4.99 Å². The fourth-order valence-electron chi connectivity index (χ4n) is 1.75. The number of benzene rings is 1. The Balaban J connectivity index is 2.67. The first kappa shape index (κ1) is 15.2. The maximum atomic E-state index is 12.7. The molecular weight excluding hydrogens is 307 g/mol. The fourth-order valence-corrected chi connectivity index (χ4v) is 2.83. The Morgan fingerprint density at radius 3 is 2.71 bits per heavy atom. The zero-order chi connectivity index (χ0) is 15.6. The summed E-state index contributed by atoms with van der Waals surface area (Å²) in [6.45, 7) is 1.70. The van der Waals surface area contributed by atoms with E-state index in [2.05, 4.69) is 4.99 Å². The van der Waals surface area contributed by atoms with Crippen LogP contribution in [0.3, 0.4) is 0 Å². The number of thiophene rings is 1. The number of carbonyl (C=O) groups excluding carboxylic acids is 2. The number of aliphatic imine (C=N–C) groups is 1. The third-order valence-corrected chi connectivity index (χ3v) is 3.73. The van der Waals surface area contributed by atoms with Crippen LogP contribution in [0.25, 0.3) is 10.1 Å². The maximum Gasteiger partial charge on any atom is 0.416 e. The molecule has 0 unspecified atom stereocenters. The van der Waals surface area contributed by atoms with Gasteiger partial charge in [-0.2, -0.15) is 18.2 Å². The Labute approximate surface area is 120 Å². The van der Waals surface area contributed by atoms with E-state index in [-0.39, 0.29) is 27.3 Å². The Hall–Kier alpha value is -2.18. The monoisotopic (exact) mass is 315 g/mol. The first-order chi connectivity index (χ1) is 9.88. The topological polar surface area (TPSA) is 55.7 Å². The Kier molecular flexibility index (Phi) is 4.11. The molecule has 1 heterocycles. The summed E-state index contributed by atoms with van der Waals surface area (Å²) in [6.07, 6.45) is -3.19. The van der Waals surface area contributed by atoms with E-state index in [9.17, 15) is 22.8 Å². The molecule has 0 atom stereocenters. The van der Waals surface area contributed by atoms with E-state index in [0.717, 1.165) is 23.5 Å². The third kappa shape index (κ3) is 2.96. The zero-order valence-corrected chi connectivity index (χ0v) is 11.5. The number of hydrogen-bond donors (Lipinski definition) is 0. The minimum absolute atomic E-state index is 0.0165. The lowest BCUT2D eigenvalue weighted by atomic mass is 10.1. The van der Waals surface area contributed by atoms with Crippen LogP contribution in [0.2, 0.25) is 0 Å². The highest BCUT2D eigenvalue weighted by Crippen LogP contribution is 2.41. The number of fused-ring (bicyclic) bond motifs is 1. The largest absolute Gasteiger partial charge is 0.462 e. The molecule has 0 aliphatic carbocycles. The molecule has 0 amide bonds. The molecule has 8 heteroatoms. The normalized spacial score (nSPS) is 11.2. The van der Waals surface area contributed by atoms with Gasteiger partial charge in [0.1, 0.15) is 10.6 Å². The van der Waals surface area contributed by atoms with Crippen molar-refractivity contribution < 1.29 is 27.5 Å². The molecule has 0 radical (unpaired) electrons. The molecule has 2 rings (SSSR count). The van der Waals surface area contributed by atoms with Crippen molar-refractivity contribution in [2.75, 3.05) is 6.61 Å². The summed E-state index contributed by atoms with van der Waals surface area (Å²) in [5.74, 6) is -0.735. The third-order valence-electron chi connectivity index (χ3n) is 2.61. The van der Waals surface area contributed by atoms with E-state index < -0.39 is 17.7 Å². The van der Waals surface area contributed by atoms with Gasteiger partial charge in [-0.25, -0.2) is 9.59 Å². The maximum absolute atomic E-state index is 12.7. The van der Waals surface area contributed by atoms with Crippen LogP contribution in [-0.2, 0) is 15.7 Å². The van der Waals surface area contributed by atoms with E-state index in [1.165, 1.54) is 12.1 Å². The molecule has 0 aliphatic rings. The predicted octanol–water partition coefficient (Wildman–Crippen LogP) is 4.06. The van der Waals surface area contributed by atoms with Crippen LogP contribution in [0.1, 0.15) is 22.2 Å². The van der Waals surface area contributed by atoms with Crippen molar-refractivity contribution in [1.29, 1.82) is 0 Å². The van der Waals surface area contributed by atoms with Crippen LogP contribution in [0.4, 0.5) is 18.9 Å². The Morgan fingerprint density at radius 1 is 1.43 bits per heavy atom. The summed E-state index contributed by atoms with van der Waals surface area (Å²) < 4.78 is 43.0. The van der Waals surface area contributed by atoms with E-state index in [0.29, 0.717) is 0 Å². The van der Waals surface area contributed by atoms with Crippen molar-refractivity contribution in [1.82, 2.24) is 0 Å². The van der Waals surface area contributed by atoms with E-state index >= 15 is 0 Å². The van der Waals surface area contributed by atoms with Crippen molar-refractivity contribution in [3.8, 4) is 0 Å². The second-order valence-electron chi connectivity index (χ2n) is 3.91. The minimum atomic E-state index is -4.49. The fraction of sp³-hybridized carbons (Fsp3) is 0.231. The summed E-state index contributed by atoms with van der Waals surface area (Å²) in [5, 5.41) is 0.277. The lowest BCUT2D eigenvalue weighted by molar-refractivity contribution is -0.137. The number of rotatable bonds is 3. The van der Waals surface area contributed by atoms with Gasteiger partial charge in [0, 0.05) is 10.1 Å². The average molecular weight is 315 g/mol. The molecule has 0 spiro atoms. The summed E-state index contributed by atoms with van der Waals surface area (Å²) in [7, 11) is 0. The highest BCUT2D eigenvalue weighted by molar-refractivity contribution is 7.21. The molecule has 110 valence electrons. The van der Waals surface area contributed by atoms with Crippen molar-refractivity contribution in [2.45, 2.75) is 13.1 Å². The number of halogens is 3. The number of ether oxygens (including phenoxy) is 1. The number of esters is 1. The predicted molar refractivity (Wildman–Crippen MR) is 70.6 cm³/mol. The highest BCUT2D eigenvalue weighted by atomic mass is 32.1. The van der Waals surface area contributed by atoms with Gasteiger partial charge in [0.05, 0.1) is 12.2 Å². The average Bonchev–Trinajstić information content (AvgIpc) is 2.77. The number of carbonyl (C=O) groups is 1. The molecular formula is C13H8F3NO3S. The zero-order valence-electron chi connectivity index (χ0n) is 10.7. The smallest absolute Gasteiger partial charge is 0.416 e. The first-order valence-corrected chi connectivity index (χ1v) is 6.59. The molecule has 0 fully saturated rings. The Bertz CT molecular complexity index is 745. The van der Waals surface area contributed by atoms with E-state index in [4.69, 9.17) is 4.74 Å². The van der Waals surface area contributed by atoms with E-state index in [1.54, 1.807) is 6.92 Å². The molecule has 0 saturated carbocycles. The second-order valence-corrected chi connectivity index (χ2v) is 4.96. The number of isocyanates is 1. The van der Waals surface area contributed by atoms with Gasteiger partial charge in [-0.3, -0.25) is 0 Å². The van der Waals surface area contributed by atoms with Gasteiger partial charge < -0.3 is 4.74 Å². The summed E-state index contributed by atoms with van der Waals surface area (Å²) in [6, 6.07) is 2.95. The first-order valence-electron chi connectivity index (χ1n) is 5.77. The van der Waals surface area contributed by atoms with Gasteiger partial charge in [0.2, 0.25) is 6.08 Å². The van der Waals surface area contributed by atoms with E-state index in [1.807, 2.05) is 0 Å². The molecule has 2 aromatic rings. The van der Waals surface area contributed by atoms with Crippen LogP contribution in [-0.4, -0.2) is 18.7 Å². The number of nitrogens with zero attached hydrogens (tertiary/aromatic N) is 1. The Morgan fingerprint density at radius 2 is 2.14 bits per heavy atom. The molecule has 0 N–H and O–H groups in total. The van der Waals surface area contributed by atoms with Gasteiger partial charge in [-0.1, -0.05) is 6.07 Å². The quantitative estimate of drug-likeness (QED) is 0.487. The van der Waals surface area contributed by atoms with Crippen LogP contribution in [0.15, 0.2) is 23.2 Å². The van der Waals surface area contributed by atoms with Gasteiger partial charge >= 0.3 is 12.1 Å². The van der Waals surface area contributed by atoms with Gasteiger partial charge in [-0.05, 0) is 19.1 Å². The van der Waals surface area contributed by atoms with Crippen LogP contribution < -0.4 is 0 Å². The SMILES string of the molecule is CCOC(=O)c1sc2cc(C(F)(F)F)ccc2c1N=C=O. The molecule has 21 heavy (non-hydrogen) atoms. The van der Waals surface area contributed by atoms with Crippen LogP contribution in [0.5, 0.6) is 0 Å². The summed E-state index contributed by atoms with van der Waals surface area (Å²) >= 11 is 0.795. The molecule has 1 aromatic heterocycles. The molecule has 0 saturated heterocycles. The number of alkyl halides is 3. The van der Waals surface area contributed by atoms with Crippen molar-refractivity contribution in [3.63, 3.8) is 0 Å². The molecule has 0 aliphatic heterocycles. The highest BCUT2D eigenvalue weighted by Gasteiger charge is 2.31. The molecule has 4 nitrogen and oxygen atoms in total. The summed E-state index contributed by atoms with van der Waals surface area (Å²) in [5.41, 5.74) is -0.856. The van der Waals surface area contributed by atoms with Gasteiger partial charge in [0.15, 0.2) is 0 Å². The second kappa shape index (κ2) is 5.67. The lowest BCUT2D eigenvalue weighted by Gasteiger charge is -2.05. The number of hydrogen-bond acceptors (Lipinski definition) is 5. The van der Waals surface area contributed by atoms with Gasteiger partial charge in [-0.15, -0.1) is 11.3 Å². The lowest BCUT2D eigenvalue weighted by Crippen LogP contribution is -2.03. The van der Waals surface area contributed by atoms with Gasteiger partial charge in [0.25, 0.3) is 0 Å². The van der Waals surface area contributed by atoms with Crippen LogP contribution >= 0.6 is 11.3 Å². The molecule has 0 bridgehead atoms. The molecule has 1 aromatic carbocycles. The van der Waals surface area contributed by atoms with Crippen LogP contribution in [0, 0.1) is 0 Å². The van der Waals surface area contributed by atoms with Crippen molar-refractivity contribution in [3.05, 3.63) is 28.6 Å². The van der Waals surface area contributed by atoms with Crippen molar-refractivity contribution >= 4 is 39.2 Å². The summed E-state index contributed by atoms with van der Waals surface area (Å²) in [4.78, 5) is 25.6. The minimum Gasteiger partial charge on any atom is -0.462 e.